The number of unbranched alkanes of at least 4 members (excludes halogenated alkanes) is 2. The second kappa shape index (κ2) is 11.4. The Balaban J connectivity index is 2.13. The lowest BCUT2D eigenvalue weighted by Gasteiger charge is -2.34. The van der Waals surface area contributed by atoms with Crippen LogP contribution in [0.5, 0.6) is 0 Å². The summed E-state index contributed by atoms with van der Waals surface area (Å²) < 4.78 is 5.94. The van der Waals surface area contributed by atoms with Crippen LogP contribution in [0, 0.1) is 11.8 Å². The fourth-order valence-electron chi connectivity index (χ4n) is 3.19. The highest BCUT2D eigenvalue weighted by Crippen LogP contribution is 2.19. The van der Waals surface area contributed by atoms with Crippen molar-refractivity contribution >= 4 is 0 Å². The summed E-state index contributed by atoms with van der Waals surface area (Å²) in [6.45, 7) is 11.6. The Hall–Kier alpha value is -0.120. The first-order valence-corrected chi connectivity index (χ1v) is 9.06. The van der Waals surface area contributed by atoms with Gasteiger partial charge in [-0.1, -0.05) is 46.5 Å². The van der Waals surface area contributed by atoms with Crippen molar-refractivity contribution in [1.82, 2.24) is 4.90 Å². The number of ether oxygens (including phenoxy) is 1. The molecule has 0 aliphatic carbocycles. The highest BCUT2D eigenvalue weighted by molar-refractivity contribution is 4.73. The quantitative estimate of drug-likeness (QED) is 0.590. The lowest BCUT2D eigenvalue weighted by Crippen LogP contribution is -2.43. The van der Waals surface area contributed by atoms with Crippen LogP contribution in [0.3, 0.4) is 0 Å². The molecule has 0 aromatic carbocycles. The van der Waals surface area contributed by atoms with E-state index in [1.165, 1.54) is 38.6 Å². The van der Waals surface area contributed by atoms with Gasteiger partial charge in [0.2, 0.25) is 0 Å². The van der Waals surface area contributed by atoms with Crippen molar-refractivity contribution in [1.29, 1.82) is 0 Å². The number of hydrogen-bond donors (Lipinski definition) is 1. The molecule has 3 heteroatoms. The third-order valence-corrected chi connectivity index (χ3v) is 4.50. The fourth-order valence-corrected chi connectivity index (χ4v) is 3.19. The molecule has 0 spiro atoms. The monoisotopic (exact) mass is 299 g/mol. The number of rotatable bonds is 11. The normalized spacial score (nSPS) is 21.9. The van der Waals surface area contributed by atoms with Gasteiger partial charge in [0.05, 0.1) is 12.7 Å². The summed E-state index contributed by atoms with van der Waals surface area (Å²) in [6, 6.07) is 0. The molecule has 1 N–H and O–H groups in total. The van der Waals surface area contributed by atoms with Gasteiger partial charge in [-0.05, 0) is 37.6 Å². The molecule has 3 nitrogen and oxygen atoms in total. The predicted molar refractivity (Wildman–Crippen MR) is 89.6 cm³/mol. The van der Waals surface area contributed by atoms with Gasteiger partial charge in [-0.3, -0.25) is 4.90 Å². The SMILES string of the molecule is CC(C)CCCCN1CCOC(C[C@H](C)CCCCO)C1. The molecule has 0 radical (unpaired) electrons. The van der Waals surface area contributed by atoms with Crippen LogP contribution in [-0.4, -0.2) is 49.0 Å². The van der Waals surface area contributed by atoms with Gasteiger partial charge >= 0.3 is 0 Å². The largest absolute Gasteiger partial charge is 0.396 e. The Morgan fingerprint density at radius 1 is 1.10 bits per heavy atom. The average molecular weight is 299 g/mol. The van der Waals surface area contributed by atoms with Crippen LogP contribution >= 0.6 is 0 Å². The molecule has 0 saturated carbocycles. The molecule has 126 valence electrons. The second-order valence-corrected chi connectivity index (χ2v) is 7.24. The van der Waals surface area contributed by atoms with Crippen LogP contribution in [0.4, 0.5) is 0 Å². The zero-order valence-electron chi connectivity index (χ0n) is 14.5. The van der Waals surface area contributed by atoms with Crippen molar-refractivity contribution in [2.45, 2.75) is 71.8 Å². The summed E-state index contributed by atoms with van der Waals surface area (Å²) in [4.78, 5) is 2.59. The van der Waals surface area contributed by atoms with E-state index in [1.54, 1.807) is 0 Å². The van der Waals surface area contributed by atoms with Crippen molar-refractivity contribution in [3.63, 3.8) is 0 Å². The van der Waals surface area contributed by atoms with Gasteiger partial charge in [-0.15, -0.1) is 0 Å². The summed E-state index contributed by atoms with van der Waals surface area (Å²) >= 11 is 0. The van der Waals surface area contributed by atoms with Crippen LogP contribution in [-0.2, 0) is 4.74 Å². The van der Waals surface area contributed by atoms with Crippen LogP contribution < -0.4 is 0 Å². The number of hydrogen-bond acceptors (Lipinski definition) is 3. The maximum absolute atomic E-state index is 8.84. The molecular weight excluding hydrogens is 262 g/mol. The van der Waals surface area contributed by atoms with Gasteiger partial charge < -0.3 is 9.84 Å². The summed E-state index contributed by atoms with van der Waals surface area (Å²) in [5.41, 5.74) is 0. The predicted octanol–water partition coefficient (Wildman–Crippen LogP) is 3.70. The molecule has 1 aliphatic rings. The number of aliphatic hydroxyl groups excluding tert-OH is 1. The molecule has 0 amide bonds. The van der Waals surface area contributed by atoms with E-state index in [2.05, 4.69) is 25.7 Å². The van der Waals surface area contributed by atoms with E-state index in [4.69, 9.17) is 9.84 Å². The Labute approximate surface area is 132 Å². The van der Waals surface area contributed by atoms with Crippen LogP contribution in [0.15, 0.2) is 0 Å². The second-order valence-electron chi connectivity index (χ2n) is 7.24. The number of aliphatic hydroxyl groups is 1. The Kier molecular flexibility index (Phi) is 10.3. The fraction of sp³-hybridized carbons (Fsp3) is 1.00. The van der Waals surface area contributed by atoms with Crippen LogP contribution in [0.2, 0.25) is 0 Å². The number of nitrogens with zero attached hydrogens (tertiary/aromatic N) is 1. The van der Waals surface area contributed by atoms with E-state index in [9.17, 15) is 0 Å². The van der Waals surface area contributed by atoms with Gasteiger partial charge in [0.15, 0.2) is 0 Å². The zero-order valence-corrected chi connectivity index (χ0v) is 14.5. The van der Waals surface area contributed by atoms with E-state index in [0.29, 0.717) is 18.6 Å². The van der Waals surface area contributed by atoms with Crippen LogP contribution in [0.1, 0.15) is 65.7 Å². The number of morpholine rings is 1. The van der Waals surface area contributed by atoms with Crippen molar-refractivity contribution in [3.05, 3.63) is 0 Å². The van der Waals surface area contributed by atoms with E-state index >= 15 is 0 Å². The van der Waals surface area contributed by atoms with Gasteiger partial charge in [-0.2, -0.15) is 0 Å². The van der Waals surface area contributed by atoms with Gasteiger partial charge in [0, 0.05) is 19.7 Å². The standard InChI is InChI=1S/C18H37NO2/c1-16(2)8-4-6-10-19-11-13-21-18(15-19)14-17(3)9-5-7-12-20/h16-18,20H,4-15H2,1-3H3/t17-,18?/m1/s1. The molecule has 0 aromatic heterocycles. The molecule has 1 rings (SSSR count). The van der Waals surface area contributed by atoms with E-state index < -0.39 is 0 Å². The molecule has 1 aliphatic heterocycles. The zero-order chi connectivity index (χ0) is 15.5. The third kappa shape index (κ3) is 9.49. The molecule has 0 aromatic rings. The third-order valence-electron chi connectivity index (χ3n) is 4.50. The molecule has 1 heterocycles. The molecule has 2 atom stereocenters. The first kappa shape index (κ1) is 18.9. The summed E-state index contributed by atoms with van der Waals surface area (Å²) in [5, 5.41) is 8.84. The molecule has 21 heavy (non-hydrogen) atoms. The molecule has 1 unspecified atom stereocenters. The first-order valence-electron chi connectivity index (χ1n) is 9.06. The molecule has 1 saturated heterocycles. The Morgan fingerprint density at radius 2 is 1.86 bits per heavy atom. The lowest BCUT2D eigenvalue weighted by molar-refractivity contribution is -0.0391. The lowest BCUT2D eigenvalue weighted by atomic mass is 9.96. The summed E-state index contributed by atoms with van der Waals surface area (Å²) in [7, 11) is 0. The Bertz CT molecular complexity index is 245. The minimum absolute atomic E-state index is 0.330. The van der Waals surface area contributed by atoms with Crippen molar-refractivity contribution < 1.29 is 9.84 Å². The van der Waals surface area contributed by atoms with Crippen LogP contribution in [0.25, 0.3) is 0 Å². The maximum Gasteiger partial charge on any atom is 0.0705 e. The first-order chi connectivity index (χ1) is 10.1. The molecule has 1 fully saturated rings. The van der Waals surface area contributed by atoms with Crippen molar-refractivity contribution in [3.8, 4) is 0 Å². The highest BCUT2D eigenvalue weighted by Gasteiger charge is 2.21. The van der Waals surface area contributed by atoms with Gasteiger partial charge in [-0.25, -0.2) is 0 Å². The summed E-state index contributed by atoms with van der Waals surface area (Å²) in [5.74, 6) is 1.55. The summed E-state index contributed by atoms with van der Waals surface area (Å²) in [6.07, 6.45) is 8.95. The van der Waals surface area contributed by atoms with E-state index in [0.717, 1.165) is 38.5 Å². The highest BCUT2D eigenvalue weighted by atomic mass is 16.5. The van der Waals surface area contributed by atoms with Crippen molar-refractivity contribution in [2.24, 2.45) is 11.8 Å². The van der Waals surface area contributed by atoms with Gasteiger partial charge in [0.1, 0.15) is 0 Å². The minimum Gasteiger partial charge on any atom is -0.396 e. The molecule has 0 bridgehead atoms. The van der Waals surface area contributed by atoms with Gasteiger partial charge in [0.25, 0.3) is 0 Å². The minimum atomic E-state index is 0.330. The van der Waals surface area contributed by atoms with E-state index in [1.807, 2.05) is 0 Å². The average Bonchev–Trinajstić information content (AvgIpc) is 2.44. The maximum atomic E-state index is 8.84. The van der Waals surface area contributed by atoms with Crippen molar-refractivity contribution in [2.75, 3.05) is 32.8 Å². The molecular formula is C18H37NO2. The smallest absolute Gasteiger partial charge is 0.0705 e. The topological polar surface area (TPSA) is 32.7 Å². The Morgan fingerprint density at radius 3 is 2.57 bits per heavy atom. The van der Waals surface area contributed by atoms with E-state index in [-0.39, 0.29) is 0 Å².